The molecule has 150 valence electrons. The van der Waals surface area contributed by atoms with Gasteiger partial charge < -0.3 is 14.5 Å². The molecule has 1 aromatic heterocycles. The molecule has 4 rings (SSSR count). The van der Waals surface area contributed by atoms with Crippen molar-refractivity contribution >= 4 is 22.5 Å². The van der Waals surface area contributed by atoms with E-state index in [2.05, 4.69) is 10.3 Å². The van der Waals surface area contributed by atoms with Crippen molar-refractivity contribution in [3.63, 3.8) is 0 Å². The quantitative estimate of drug-likeness (QED) is 0.534. The van der Waals surface area contributed by atoms with Crippen molar-refractivity contribution in [2.24, 2.45) is 0 Å². The molecule has 0 bridgehead atoms. The molecule has 4 aromatic rings. The number of para-hydroxylation sites is 1. The standard InChI is InChI=1S/C24H20N2O4/c1-15-10-11-16(2)21(12-15)29-14-22(27)25-18-7-5-6-17(13-18)23-26-20-9-4-3-8-19(20)24(28)30-23/h3-13H,14H2,1-2H3,(H,25,27). The molecule has 0 spiro atoms. The summed E-state index contributed by atoms with van der Waals surface area (Å²) in [5, 5.41) is 3.22. The minimum Gasteiger partial charge on any atom is -0.483 e. The molecule has 0 atom stereocenters. The van der Waals surface area contributed by atoms with Gasteiger partial charge in [0.25, 0.3) is 5.91 Å². The lowest BCUT2D eigenvalue weighted by Gasteiger charge is -2.11. The van der Waals surface area contributed by atoms with E-state index in [1.54, 1.807) is 42.5 Å². The average molecular weight is 400 g/mol. The molecule has 0 aliphatic rings. The molecule has 0 saturated heterocycles. The van der Waals surface area contributed by atoms with Crippen molar-refractivity contribution in [1.29, 1.82) is 0 Å². The Hall–Kier alpha value is -3.93. The van der Waals surface area contributed by atoms with Crippen LogP contribution in [0.25, 0.3) is 22.4 Å². The third kappa shape index (κ3) is 4.22. The number of ether oxygens (including phenoxy) is 1. The van der Waals surface area contributed by atoms with E-state index in [1.165, 1.54) is 0 Å². The van der Waals surface area contributed by atoms with E-state index in [-0.39, 0.29) is 18.4 Å². The summed E-state index contributed by atoms with van der Waals surface area (Å²) in [5.41, 5.74) is 3.28. The van der Waals surface area contributed by atoms with Crippen molar-refractivity contribution in [2.75, 3.05) is 11.9 Å². The molecule has 0 aliphatic heterocycles. The van der Waals surface area contributed by atoms with Gasteiger partial charge in [-0.1, -0.05) is 30.3 Å². The van der Waals surface area contributed by atoms with Gasteiger partial charge >= 0.3 is 5.63 Å². The Morgan fingerprint density at radius 1 is 1.03 bits per heavy atom. The monoisotopic (exact) mass is 400 g/mol. The number of fused-ring (bicyclic) bond motifs is 1. The van der Waals surface area contributed by atoms with Crippen molar-refractivity contribution in [2.45, 2.75) is 13.8 Å². The summed E-state index contributed by atoms with van der Waals surface area (Å²) < 4.78 is 11.0. The highest BCUT2D eigenvalue weighted by Gasteiger charge is 2.10. The van der Waals surface area contributed by atoms with Crippen LogP contribution in [0.1, 0.15) is 11.1 Å². The number of carbonyl (C=O) groups excluding carboxylic acids is 1. The molecule has 1 amide bonds. The molecule has 30 heavy (non-hydrogen) atoms. The van der Waals surface area contributed by atoms with Crippen LogP contribution >= 0.6 is 0 Å². The Kier molecular flexibility index (Phi) is 5.30. The summed E-state index contributed by atoms with van der Waals surface area (Å²) in [6.45, 7) is 3.79. The van der Waals surface area contributed by atoms with Crippen LogP contribution in [0.3, 0.4) is 0 Å². The Morgan fingerprint density at radius 3 is 2.73 bits per heavy atom. The summed E-state index contributed by atoms with van der Waals surface area (Å²) in [6, 6.07) is 19.8. The molecular weight excluding hydrogens is 380 g/mol. The predicted molar refractivity (Wildman–Crippen MR) is 116 cm³/mol. The van der Waals surface area contributed by atoms with E-state index in [9.17, 15) is 9.59 Å². The van der Waals surface area contributed by atoms with Crippen LogP contribution in [0.2, 0.25) is 0 Å². The first-order valence-corrected chi connectivity index (χ1v) is 9.50. The van der Waals surface area contributed by atoms with Crippen molar-refractivity contribution in [3.05, 3.63) is 88.3 Å². The minimum atomic E-state index is -0.452. The maximum absolute atomic E-state index is 12.3. The number of anilines is 1. The maximum Gasteiger partial charge on any atom is 0.347 e. The SMILES string of the molecule is Cc1ccc(C)c(OCC(=O)Nc2cccc(-c3nc4ccccc4c(=O)o3)c2)c1. The highest BCUT2D eigenvalue weighted by atomic mass is 16.5. The van der Waals surface area contributed by atoms with E-state index < -0.39 is 5.63 Å². The highest BCUT2D eigenvalue weighted by molar-refractivity contribution is 5.92. The van der Waals surface area contributed by atoms with Gasteiger partial charge in [-0.15, -0.1) is 0 Å². The molecule has 6 nitrogen and oxygen atoms in total. The lowest BCUT2D eigenvalue weighted by atomic mass is 10.1. The number of aryl methyl sites for hydroxylation is 2. The van der Waals surface area contributed by atoms with Gasteiger partial charge in [0.2, 0.25) is 5.89 Å². The fourth-order valence-electron chi connectivity index (χ4n) is 3.08. The van der Waals surface area contributed by atoms with Gasteiger partial charge in [0.05, 0.1) is 10.9 Å². The van der Waals surface area contributed by atoms with Crippen LogP contribution in [0, 0.1) is 13.8 Å². The normalized spacial score (nSPS) is 10.7. The summed E-state index contributed by atoms with van der Waals surface area (Å²) in [6.07, 6.45) is 0. The minimum absolute atomic E-state index is 0.113. The number of nitrogens with one attached hydrogen (secondary N) is 1. The van der Waals surface area contributed by atoms with Gasteiger partial charge in [-0.2, -0.15) is 0 Å². The Labute approximate surface area is 173 Å². The molecule has 0 aliphatic carbocycles. The summed E-state index contributed by atoms with van der Waals surface area (Å²) in [5.74, 6) is 0.587. The number of hydrogen-bond donors (Lipinski definition) is 1. The number of aromatic nitrogens is 1. The molecule has 0 saturated carbocycles. The van der Waals surface area contributed by atoms with Crippen LogP contribution in [0.15, 0.2) is 75.9 Å². The fraction of sp³-hybridized carbons (Fsp3) is 0.125. The highest BCUT2D eigenvalue weighted by Crippen LogP contribution is 2.22. The van der Waals surface area contributed by atoms with Crippen molar-refractivity contribution < 1.29 is 13.9 Å². The van der Waals surface area contributed by atoms with Crippen LogP contribution < -0.4 is 15.7 Å². The Morgan fingerprint density at radius 2 is 1.87 bits per heavy atom. The second-order valence-corrected chi connectivity index (χ2v) is 7.01. The van der Waals surface area contributed by atoms with Crippen LogP contribution in [0.5, 0.6) is 5.75 Å². The number of hydrogen-bond acceptors (Lipinski definition) is 5. The Balaban J connectivity index is 1.50. The molecule has 1 N–H and O–H groups in total. The van der Waals surface area contributed by atoms with Crippen molar-refractivity contribution in [3.8, 4) is 17.2 Å². The topological polar surface area (TPSA) is 81.4 Å². The van der Waals surface area contributed by atoms with Gasteiger partial charge in [0, 0.05) is 11.3 Å². The smallest absolute Gasteiger partial charge is 0.347 e. The number of nitrogens with zero attached hydrogens (tertiary/aromatic N) is 1. The molecule has 0 unspecified atom stereocenters. The van der Waals surface area contributed by atoms with E-state index in [4.69, 9.17) is 9.15 Å². The first kappa shape index (κ1) is 19.4. The van der Waals surface area contributed by atoms with Gasteiger partial charge in [-0.3, -0.25) is 4.79 Å². The van der Waals surface area contributed by atoms with Crippen LogP contribution in [-0.4, -0.2) is 17.5 Å². The molecule has 0 fully saturated rings. The molecule has 3 aromatic carbocycles. The second-order valence-electron chi connectivity index (χ2n) is 7.01. The summed E-state index contributed by atoms with van der Waals surface area (Å²) >= 11 is 0. The largest absolute Gasteiger partial charge is 0.483 e. The summed E-state index contributed by atoms with van der Waals surface area (Å²) in [7, 11) is 0. The van der Waals surface area contributed by atoms with Gasteiger partial charge in [0.15, 0.2) is 6.61 Å². The van der Waals surface area contributed by atoms with Crippen LogP contribution in [0.4, 0.5) is 5.69 Å². The third-order valence-corrected chi connectivity index (χ3v) is 4.63. The van der Waals surface area contributed by atoms with Crippen molar-refractivity contribution in [1.82, 2.24) is 4.98 Å². The first-order valence-electron chi connectivity index (χ1n) is 9.50. The second kappa shape index (κ2) is 8.21. The average Bonchev–Trinajstić information content (AvgIpc) is 2.74. The molecule has 0 radical (unpaired) electrons. The van der Waals surface area contributed by atoms with E-state index in [1.807, 2.05) is 38.1 Å². The van der Waals surface area contributed by atoms with Gasteiger partial charge in [-0.05, 0) is 61.4 Å². The molecule has 6 heteroatoms. The van der Waals surface area contributed by atoms with E-state index >= 15 is 0 Å². The Bertz CT molecular complexity index is 1290. The van der Waals surface area contributed by atoms with Crippen LogP contribution in [-0.2, 0) is 4.79 Å². The van der Waals surface area contributed by atoms with Gasteiger partial charge in [0.1, 0.15) is 5.75 Å². The zero-order valence-corrected chi connectivity index (χ0v) is 16.6. The number of rotatable bonds is 5. The summed E-state index contributed by atoms with van der Waals surface area (Å²) in [4.78, 5) is 29.0. The zero-order chi connectivity index (χ0) is 21.1. The third-order valence-electron chi connectivity index (χ3n) is 4.63. The lowest BCUT2D eigenvalue weighted by molar-refractivity contribution is -0.118. The number of benzene rings is 3. The van der Waals surface area contributed by atoms with E-state index in [0.717, 1.165) is 11.1 Å². The number of carbonyl (C=O) groups is 1. The van der Waals surface area contributed by atoms with E-state index in [0.29, 0.717) is 27.9 Å². The molecule has 1 heterocycles. The van der Waals surface area contributed by atoms with Gasteiger partial charge in [-0.25, -0.2) is 9.78 Å². The number of amides is 1. The maximum atomic E-state index is 12.3. The first-order chi connectivity index (χ1) is 14.5. The lowest BCUT2D eigenvalue weighted by Crippen LogP contribution is -2.20. The predicted octanol–water partition coefficient (Wildman–Crippen LogP) is 4.49. The fourth-order valence-corrected chi connectivity index (χ4v) is 3.08. The molecular formula is C24H20N2O4. The zero-order valence-electron chi connectivity index (χ0n) is 16.6.